The van der Waals surface area contributed by atoms with Crippen molar-refractivity contribution in [3.63, 3.8) is 0 Å². The molecule has 1 fully saturated rings. The summed E-state index contributed by atoms with van der Waals surface area (Å²) < 4.78 is 1.89. The normalized spacial score (nSPS) is 16.9. The number of nitrogens with zero attached hydrogens (tertiary/aromatic N) is 4. The molecule has 1 unspecified atom stereocenters. The molecule has 2 aromatic heterocycles. The second-order valence-corrected chi connectivity index (χ2v) is 8.48. The van der Waals surface area contributed by atoms with Crippen LogP contribution in [-0.4, -0.2) is 22.0 Å². The third-order valence-electron chi connectivity index (χ3n) is 5.51. The smallest absolute Gasteiger partial charge is 0.274 e. The number of para-hydroxylation sites is 1. The quantitative estimate of drug-likeness (QED) is 0.579. The maximum Gasteiger partial charge on any atom is 0.274 e. The third kappa shape index (κ3) is 4.39. The number of aryl methyl sites for hydroxylation is 1. The van der Waals surface area contributed by atoms with Crippen molar-refractivity contribution >= 4 is 28.1 Å². The van der Waals surface area contributed by atoms with Gasteiger partial charge < -0.3 is 9.47 Å². The first-order chi connectivity index (χ1) is 14.7. The zero-order valence-electron chi connectivity index (χ0n) is 17.0. The van der Waals surface area contributed by atoms with Crippen molar-refractivity contribution in [3.05, 3.63) is 65.4 Å². The second-order valence-electron chi connectivity index (χ2n) is 7.62. The molecule has 7 heteroatoms. The molecule has 3 aromatic rings. The summed E-state index contributed by atoms with van der Waals surface area (Å²) in [4.78, 5) is 19.9. The molecule has 0 spiro atoms. The number of carbonyl (C=O) groups excluding carboxylic acids is 1. The summed E-state index contributed by atoms with van der Waals surface area (Å²) in [7, 11) is 0. The van der Waals surface area contributed by atoms with Crippen molar-refractivity contribution < 1.29 is 4.79 Å². The van der Waals surface area contributed by atoms with Crippen molar-refractivity contribution in [1.29, 1.82) is 5.26 Å². The number of amides is 1. The molecule has 3 heterocycles. The van der Waals surface area contributed by atoms with E-state index < -0.39 is 0 Å². The van der Waals surface area contributed by atoms with Crippen LogP contribution in [0.5, 0.6) is 0 Å². The van der Waals surface area contributed by atoms with Crippen molar-refractivity contribution in [3.8, 4) is 6.07 Å². The lowest BCUT2D eigenvalue weighted by Crippen LogP contribution is -2.22. The highest BCUT2D eigenvalue weighted by Gasteiger charge is 2.28. The molecule has 2 atom stereocenters. The Morgan fingerprint density at radius 2 is 2.17 bits per heavy atom. The summed E-state index contributed by atoms with van der Waals surface area (Å²) in [6.07, 6.45) is 4.78. The van der Waals surface area contributed by atoms with Gasteiger partial charge in [0, 0.05) is 36.3 Å². The largest absolute Gasteiger partial charge is 0.363 e. The van der Waals surface area contributed by atoms with Crippen LogP contribution in [0.15, 0.2) is 54.0 Å². The van der Waals surface area contributed by atoms with Crippen molar-refractivity contribution in [1.82, 2.24) is 9.55 Å². The average Bonchev–Trinajstić information content (AvgIpc) is 3.52. The number of anilines is 2. The van der Waals surface area contributed by atoms with E-state index in [9.17, 15) is 4.79 Å². The van der Waals surface area contributed by atoms with Gasteiger partial charge in [-0.2, -0.15) is 5.26 Å². The van der Waals surface area contributed by atoms with E-state index in [1.54, 1.807) is 6.07 Å². The summed E-state index contributed by atoms with van der Waals surface area (Å²) in [6, 6.07) is 16.5. The van der Waals surface area contributed by atoms with E-state index >= 15 is 0 Å². The standard InChI is InChI=1S/C23H25N5OS/c1-17(15-24)11-14-27-12-5-10-21(27)22(29)26-23-25-19(16-30-23)20-9-6-13-28(20)18-7-3-2-4-8-18/h2-5,7-8,10,12,16-17,20H,6,9,11,13-14H2,1H3,(H,25,26,29)/t17?,20-/m1/s1. The number of hydrogen-bond donors (Lipinski definition) is 1. The molecule has 1 aromatic carbocycles. The fraction of sp³-hybridized carbons (Fsp3) is 0.348. The minimum absolute atomic E-state index is 0.0381. The molecule has 1 N–H and O–H groups in total. The molecule has 1 saturated heterocycles. The van der Waals surface area contributed by atoms with E-state index in [0.29, 0.717) is 23.8 Å². The van der Waals surface area contributed by atoms with Gasteiger partial charge in [-0.1, -0.05) is 18.2 Å². The Balaban J connectivity index is 1.43. The molecule has 0 aliphatic carbocycles. The second kappa shape index (κ2) is 9.14. The minimum atomic E-state index is -0.170. The molecule has 0 saturated carbocycles. The summed E-state index contributed by atoms with van der Waals surface area (Å²) >= 11 is 1.46. The summed E-state index contributed by atoms with van der Waals surface area (Å²) in [6.45, 7) is 3.55. The van der Waals surface area contributed by atoms with Crippen molar-refractivity contribution in [2.75, 3.05) is 16.8 Å². The molecule has 0 radical (unpaired) electrons. The number of benzene rings is 1. The van der Waals surface area contributed by atoms with Crippen LogP contribution in [0.3, 0.4) is 0 Å². The van der Waals surface area contributed by atoms with Crippen LogP contribution in [0.25, 0.3) is 0 Å². The highest BCUT2D eigenvalue weighted by molar-refractivity contribution is 7.14. The van der Waals surface area contributed by atoms with Crippen LogP contribution < -0.4 is 10.2 Å². The summed E-state index contributed by atoms with van der Waals surface area (Å²) in [5.41, 5.74) is 2.81. The number of nitriles is 1. The van der Waals surface area contributed by atoms with Gasteiger partial charge in [0.05, 0.1) is 17.8 Å². The van der Waals surface area contributed by atoms with E-state index in [1.807, 2.05) is 29.8 Å². The zero-order valence-corrected chi connectivity index (χ0v) is 17.8. The molecule has 4 rings (SSSR count). The van der Waals surface area contributed by atoms with Gasteiger partial charge in [-0.25, -0.2) is 4.98 Å². The lowest BCUT2D eigenvalue weighted by molar-refractivity contribution is 0.101. The van der Waals surface area contributed by atoms with E-state index in [-0.39, 0.29) is 17.9 Å². The van der Waals surface area contributed by atoms with Gasteiger partial charge in [-0.3, -0.25) is 10.1 Å². The lowest BCUT2D eigenvalue weighted by atomic mass is 10.1. The van der Waals surface area contributed by atoms with E-state index in [1.165, 1.54) is 17.0 Å². The van der Waals surface area contributed by atoms with E-state index in [2.05, 4.69) is 45.9 Å². The Bertz CT molecular complexity index is 1040. The molecule has 1 aliphatic heterocycles. The topological polar surface area (TPSA) is 74.0 Å². The molecule has 1 amide bonds. The highest BCUT2D eigenvalue weighted by atomic mass is 32.1. The van der Waals surface area contributed by atoms with Crippen LogP contribution in [0.4, 0.5) is 10.8 Å². The van der Waals surface area contributed by atoms with Crippen molar-refractivity contribution in [2.45, 2.75) is 38.8 Å². The SMILES string of the molecule is CC(C#N)CCn1cccc1C(=O)Nc1nc([C@H]2CCCN2c2ccccc2)cs1. The number of aromatic nitrogens is 2. The van der Waals surface area contributed by atoms with Gasteiger partial charge in [-0.15, -0.1) is 11.3 Å². The Hall–Kier alpha value is -3.11. The Kier molecular flexibility index (Phi) is 6.15. The number of nitrogens with one attached hydrogen (secondary N) is 1. The summed E-state index contributed by atoms with van der Waals surface area (Å²) in [5, 5.41) is 14.6. The van der Waals surface area contributed by atoms with E-state index in [0.717, 1.165) is 25.1 Å². The van der Waals surface area contributed by atoms with Gasteiger partial charge in [0.25, 0.3) is 5.91 Å². The predicted octanol–water partition coefficient (Wildman–Crippen LogP) is 5.09. The molecule has 1 aliphatic rings. The third-order valence-corrected chi connectivity index (χ3v) is 6.29. The number of carbonyl (C=O) groups is 1. The van der Waals surface area contributed by atoms with Crippen LogP contribution in [0.2, 0.25) is 0 Å². The summed E-state index contributed by atoms with van der Waals surface area (Å²) in [5.74, 6) is -0.208. The number of rotatable bonds is 7. The van der Waals surface area contributed by atoms with Crippen LogP contribution in [0.1, 0.15) is 48.4 Å². The predicted molar refractivity (Wildman–Crippen MR) is 120 cm³/mol. The molecule has 6 nitrogen and oxygen atoms in total. The molecular formula is C23H25N5OS. The van der Waals surface area contributed by atoms with Crippen LogP contribution in [-0.2, 0) is 6.54 Å². The first-order valence-corrected chi connectivity index (χ1v) is 11.2. The first-order valence-electron chi connectivity index (χ1n) is 10.3. The molecule has 154 valence electrons. The Labute approximate surface area is 180 Å². The lowest BCUT2D eigenvalue weighted by Gasteiger charge is -2.25. The fourth-order valence-electron chi connectivity index (χ4n) is 3.87. The monoisotopic (exact) mass is 419 g/mol. The van der Waals surface area contributed by atoms with Crippen LogP contribution >= 0.6 is 11.3 Å². The van der Waals surface area contributed by atoms with Gasteiger partial charge in [0.2, 0.25) is 0 Å². The van der Waals surface area contributed by atoms with Gasteiger partial charge in [0.1, 0.15) is 5.69 Å². The van der Waals surface area contributed by atoms with Crippen LogP contribution in [0, 0.1) is 17.2 Å². The van der Waals surface area contributed by atoms with Gasteiger partial charge >= 0.3 is 0 Å². The molecule has 0 bridgehead atoms. The maximum absolute atomic E-state index is 12.8. The Morgan fingerprint density at radius 3 is 2.97 bits per heavy atom. The zero-order chi connectivity index (χ0) is 20.9. The average molecular weight is 420 g/mol. The number of hydrogen-bond acceptors (Lipinski definition) is 5. The van der Waals surface area contributed by atoms with E-state index in [4.69, 9.17) is 10.2 Å². The Morgan fingerprint density at radius 1 is 1.33 bits per heavy atom. The van der Waals surface area contributed by atoms with Crippen molar-refractivity contribution in [2.24, 2.45) is 5.92 Å². The highest BCUT2D eigenvalue weighted by Crippen LogP contribution is 2.37. The molecular weight excluding hydrogens is 394 g/mol. The first kappa shape index (κ1) is 20.2. The molecule has 30 heavy (non-hydrogen) atoms. The fourth-order valence-corrected chi connectivity index (χ4v) is 4.62. The minimum Gasteiger partial charge on any atom is -0.363 e. The number of thiazole rings is 1. The maximum atomic E-state index is 12.8. The van der Waals surface area contributed by atoms with Gasteiger partial charge in [-0.05, 0) is 50.5 Å². The van der Waals surface area contributed by atoms with Gasteiger partial charge in [0.15, 0.2) is 5.13 Å².